The molecule has 0 atom stereocenters. The molecule has 0 aliphatic carbocycles. The molecule has 0 aliphatic heterocycles. The maximum atomic E-state index is 5.89. The number of halogens is 1. The fraction of sp³-hybridized carbons (Fsp3) is 0.200. The van der Waals surface area contributed by atoms with Crippen molar-refractivity contribution in [3.8, 4) is 0 Å². The maximum Gasteiger partial charge on any atom is 0.189 e. The minimum absolute atomic E-state index is 0.473. The second-order valence-electron chi connectivity index (χ2n) is 2.88. The highest BCUT2D eigenvalue weighted by Gasteiger charge is 2.04. The van der Waals surface area contributed by atoms with Gasteiger partial charge < -0.3 is 4.42 Å². The quantitative estimate of drug-likeness (QED) is 0.482. The first-order chi connectivity index (χ1) is 7.78. The highest BCUT2D eigenvalue weighted by atomic mass is 35.5. The normalized spacial score (nSPS) is 10.6. The zero-order valence-corrected chi connectivity index (χ0v) is 10.9. The molecule has 0 saturated carbocycles. The molecular weight excluding hydrogens is 264 g/mol. The molecule has 16 heavy (non-hydrogen) atoms. The van der Waals surface area contributed by atoms with Crippen molar-refractivity contribution in [1.82, 2.24) is 9.97 Å². The Morgan fingerprint density at radius 1 is 1.44 bits per heavy atom. The fourth-order valence-corrected chi connectivity index (χ4v) is 2.62. The van der Waals surface area contributed by atoms with E-state index in [0.29, 0.717) is 10.3 Å². The highest BCUT2D eigenvalue weighted by molar-refractivity contribution is 7.99. The van der Waals surface area contributed by atoms with Crippen molar-refractivity contribution in [3.05, 3.63) is 35.4 Å². The summed E-state index contributed by atoms with van der Waals surface area (Å²) in [5, 5.41) is 2.02. The van der Waals surface area contributed by atoms with Gasteiger partial charge in [-0.05, 0) is 18.4 Å². The van der Waals surface area contributed by atoms with E-state index in [9.17, 15) is 0 Å². The van der Waals surface area contributed by atoms with Crippen LogP contribution in [0.3, 0.4) is 0 Å². The van der Waals surface area contributed by atoms with Gasteiger partial charge in [0.2, 0.25) is 0 Å². The van der Waals surface area contributed by atoms with Crippen molar-refractivity contribution in [2.24, 2.45) is 0 Å². The van der Waals surface area contributed by atoms with Gasteiger partial charge in [-0.25, -0.2) is 9.97 Å². The standard InChI is InChI=1S/C10H9ClN2OS2/c1-15-10-12-8(11)5-9(13-10)16-6-7-3-2-4-14-7/h2-5H,6H2,1H3. The molecule has 0 radical (unpaired) electrons. The molecule has 2 heterocycles. The number of thioether (sulfide) groups is 2. The predicted octanol–water partition coefficient (Wildman–Crippen LogP) is 3.74. The molecule has 2 aromatic heterocycles. The average Bonchev–Trinajstić information content (AvgIpc) is 2.78. The van der Waals surface area contributed by atoms with Gasteiger partial charge in [-0.3, -0.25) is 0 Å². The minimum atomic E-state index is 0.473. The second kappa shape index (κ2) is 5.61. The number of nitrogens with zero attached hydrogens (tertiary/aromatic N) is 2. The fourth-order valence-electron chi connectivity index (χ4n) is 1.08. The van der Waals surface area contributed by atoms with Crippen LogP contribution in [0.4, 0.5) is 0 Å². The first-order valence-corrected chi connectivity index (χ1v) is 7.10. The monoisotopic (exact) mass is 272 g/mol. The van der Waals surface area contributed by atoms with Gasteiger partial charge in [0.25, 0.3) is 0 Å². The Labute approximate surface area is 107 Å². The molecule has 0 aromatic carbocycles. The SMILES string of the molecule is CSc1nc(Cl)cc(SCc2ccco2)n1. The molecule has 3 nitrogen and oxygen atoms in total. The van der Waals surface area contributed by atoms with Gasteiger partial charge in [0.1, 0.15) is 15.9 Å². The van der Waals surface area contributed by atoms with Gasteiger partial charge >= 0.3 is 0 Å². The van der Waals surface area contributed by atoms with Crippen molar-refractivity contribution in [2.45, 2.75) is 15.9 Å². The van der Waals surface area contributed by atoms with Crippen molar-refractivity contribution in [1.29, 1.82) is 0 Å². The van der Waals surface area contributed by atoms with E-state index in [-0.39, 0.29) is 0 Å². The first kappa shape index (κ1) is 11.8. The van der Waals surface area contributed by atoms with Gasteiger partial charge in [-0.1, -0.05) is 35.1 Å². The zero-order chi connectivity index (χ0) is 11.4. The van der Waals surface area contributed by atoms with Gasteiger partial charge in [0.05, 0.1) is 12.0 Å². The molecule has 0 aliphatic rings. The van der Waals surface area contributed by atoms with Crippen molar-refractivity contribution >= 4 is 35.1 Å². The number of hydrogen-bond acceptors (Lipinski definition) is 5. The van der Waals surface area contributed by atoms with Crippen LogP contribution in [0.15, 0.2) is 39.1 Å². The Morgan fingerprint density at radius 3 is 3.00 bits per heavy atom. The summed E-state index contributed by atoms with van der Waals surface area (Å²) < 4.78 is 5.24. The number of aromatic nitrogens is 2. The third kappa shape index (κ3) is 3.17. The Balaban J connectivity index is 2.06. The summed E-state index contributed by atoms with van der Waals surface area (Å²) in [5.74, 6) is 1.67. The summed E-state index contributed by atoms with van der Waals surface area (Å²) in [6, 6.07) is 5.57. The Morgan fingerprint density at radius 2 is 2.31 bits per heavy atom. The van der Waals surface area contributed by atoms with E-state index in [0.717, 1.165) is 16.5 Å². The zero-order valence-electron chi connectivity index (χ0n) is 8.51. The van der Waals surface area contributed by atoms with E-state index in [1.807, 2.05) is 18.4 Å². The average molecular weight is 273 g/mol. The number of hydrogen-bond donors (Lipinski definition) is 0. The molecule has 6 heteroatoms. The molecule has 0 N–H and O–H groups in total. The lowest BCUT2D eigenvalue weighted by molar-refractivity contribution is 0.530. The molecular formula is C10H9ClN2OS2. The largest absolute Gasteiger partial charge is 0.468 e. The molecule has 0 bridgehead atoms. The summed E-state index contributed by atoms with van der Waals surface area (Å²) in [7, 11) is 0. The molecule has 0 saturated heterocycles. The van der Waals surface area contributed by atoms with E-state index in [4.69, 9.17) is 16.0 Å². The summed E-state index contributed by atoms with van der Waals surface area (Å²) in [6.07, 6.45) is 3.59. The maximum absolute atomic E-state index is 5.89. The van der Waals surface area contributed by atoms with Crippen LogP contribution in [0.5, 0.6) is 0 Å². The Kier molecular flexibility index (Phi) is 4.15. The van der Waals surface area contributed by atoms with Crippen molar-refractivity contribution < 1.29 is 4.42 Å². The van der Waals surface area contributed by atoms with Crippen molar-refractivity contribution in [3.63, 3.8) is 0 Å². The third-order valence-corrected chi connectivity index (χ3v) is 3.45. The van der Waals surface area contributed by atoms with Crippen LogP contribution >= 0.6 is 35.1 Å². The summed E-state index contributed by atoms with van der Waals surface area (Å²) in [5.41, 5.74) is 0. The highest BCUT2D eigenvalue weighted by Crippen LogP contribution is 2.25. The third-order valence-electron chi connectivity index (χ3n) is 1.78. The topological polar surface area (TPSA) is 38.9 Å². The van der Waals surface area contributed by atoms with Crippen LogP contribution in [-0.4, -0.2) is 16.2 Å². The molecule has 2 aromatic rings. The molecule has 0 spiro atoms. The smallest absolute Gasteiger partial charge is 0.189 e. The van der Waals surface area contributed by atoms with Crippen LogP contribution in [0.1, 0.15) is 5.76 Å². The number of furan rings is 1. The Hall–Kier alpha value is -0.650. The van der Waals surface area contributed by atoms with E-state index >= 15 is 0 Å². The first-order valence-electron chi connectivity index (χ1n) is 4.51. The number of rotatable bonds is 4. The van der Waals surface area contributed by atoms with Crippen LogP contribution in [0.2, 0.25) is 5.15 Å². The lowest BCUT2D eigenvalue weighted by atomic mass is 10.5. The van der Waals surface area contributed by atoms with Gasteiger partial charge in [0.15, 0.2) is 5.16 Å². The lowest BCUT2D eigenvalue weighted by Gasteiger charge is -2.01. The van der Waals surface area contributed by atoms with Crippen LogP contribution in [-0.2, 0) is 5.75 Å². The Bertz CT molecular complexity index is 462. The summed E-state index contributed by atoms with van der Waals surface area (Å²) in [6.45, 7) is 0. The van der Waals surface area contributed by atoms with Crippen LogP contribution in [0, 0.1) is 0 Å². The molecule has 0 fully saturated rings. The van der Waals surface area contributed by atoms with E-state index in [2.05, 4.69) is 9.97 Å². The van der Waals surface area contributed by atoms with Crippen molar-refractivity contribution in [2.75, 3.05) is 6.26 Å². The van der Waals surface area contributed by atoms with E-state index in [1.54, 1.807) is 24.1 Å². The predicted molar refractivity (Wildman–Crippen MR) is 67.1 cm³/mol. The second-order valence-corrected chi connectivity index (χ2v) is 5.04. The molecule has 2 rings (SSSR count). The van der Waals surface area contributed by atoms with Crippen LogP contribution < -0.4 is 0 Å². The van der Waals surface area contributed by atoms with Gasteiger partial charge in [-0.15, -0.1) is 0 Å². The van der Waals surface area contributed by atoms with Gasteiger partial charge in [-0.2, -0.15) is 0 Å². The lowest BCUT2D eigenvalue weighted by Crippen LogP contribution is -1.89. The minimum Gasteiger partial charge on any atom is -0.468 e. The summed E-state index contributed by atoms with van der Waals surface area (Å²) >= 11 is 8.94. The molecule has 0 unspecified atom stereocenters. The molecule has 0 amide bonds. The van der Waals surface area contributed by atoms with Gasteiger partial charge in [0, 0.05) is 6.07 Å². The molecule has 84 valence electrons. The summed E-state index contributed by atoms with van der Waals surface area (Å²) in [4.78, 5) is 8.42. The van der Waals surface area contributed by atoms with E-state index in [1.165, 1.54) is 11.8 Å². The van der Waals surface area contributed by atoms with Crippen LogP contribution in [0.25, 0.3) is 0 Å². The van der Waals surface area contributed by atoms with E-state index < -0.39 is 0 Å².